The molecule has 0 radical (unpaired) electrons. The number of rotatable bonds is 8. The molecule has 1 aromatic heterocycles. The zero-order valence-electron chi connectivity index (χ0n) is 15.5. The number of nitrogens with one attached hydrogen (secondary N) is 1. The molecular weight excluding hydrogens is 449 g/mol. The fourth-order valence-corrected chi connectivity index (χ4v) is 4.60. The Kier molecular flexibility index (Phi) is 7.33. The SMILES string of the molecule is O=C(CN(Cc1ccc(F)cc1)S(=O)(=O)c1ccc(Cl)cc1)N/N=C\c1cccs1. The van der Waals surface area contributed by atoms with Crippen molar-refractivity contribution in [2.24, 2.45) is 5.10 Å². The highest BCUT2D eigenvalue weighted by Crippen LogP contribution is 2.20. The second kappa shape index (κ2) is 9.94. The summed E-state index contributed by atoms with van der Waals surface area (Å²) >= 11 is 7.29. The molecule has 0 fully saturated rings. The van der Waals surface area contributed by atoms with E-state index in [-0.39, 0.29) is 11.4 Å². The van der Waals surface area contributed by atoms with Gasteiger partial charge in [0, 0.05) is 16.4 Å². The zero-order valence-corrected chi connectivity index (χ0v) is 17.9. The molecule has 1 heterocycles. The molecule has 0 aliphatic carbocycles. The van der Waals surface area contributed by atoms with Crippen molar-refractivity contribution in [2.75, 3.05) is 6.54 Å². The van der Waals surface area contributed by atoms with E-state index in [0.29, 0.717) is 10.6 Å². The number of hydrogen-bond acceptors (Lipinski definition) is 5. The van der Waals surface area contributed by atoms with E-state index in [1.54, 1.807) is 0 Å². The van der Waals surface area contributed by atoms with Gasteiger partial charge in [-0.3, -0.25) is 4.79 Å². The Bertz CT molecular complexity index is 1120. The van der Waals surface area contributed by atoms with Crippen molar-refractivity contribution in [3.8, 4) is 0 Å². The monoisotopic (exact) mass is 465 g/mol. The van der Waals surface area contributed by atoms with Crippen LogP contribution in [0.15, 0.2) is 76.0 Å². The third kappa shape index (κ3) is 5.96. The van der Waals surface area contributed by atoms with Gasteiger partial charge in [0.15, 0.2) is 0 Å². The summed E-state index contributed by atoms with van der Waals surface area (Å²) in [4.78, 5) is 13.2. The van der Waals surface area contributed by atoms with E-state index in [9.17, 15) is 17.6 Å². The van der Waals surface area contributed by atoms with Crippen LogP contribution in [0.1, 0.15) is 10.4 Å². The Morgan fingerprint density at radius 3 is 2.47 bits per heavy atom. The van der Waals surface area contributed by atoms with E-state index in [0.717, 1.165) is 9.18 Å². The summed E-state index contributed by atoms with van der Waals surface area (Å²) < 4.78 is 40.4. The van der Waals surface area contributed by atoms with Gasteiger partial charge in [0.2, 0.25) is 10.0 Å². The van der Waals surface area contributed by atoms with Crippen LogP contribution in [0.4, 0.5) is 4.39 Å². The minimum atomic E-state index is -4.02. The minimum absolute atomic E-state index is 0.0103. The molecule has 0 bridgehead atoms. The molecule has 0 atom stereocenters. The number of amides is 1. The molecular formula is C20H17ClFN3O3S2. The molecule has 0 aliphatic rings. The predicted molar refractivity (Wildman–Crippen MR) is 116 cm³/mol. The van der Waals surface area contributed by atoms with Crippen molar-refractivity contribution < 1.29 is 17.6 Å². The van der Waals surface area contributed by atoms with Gasteiger partial charge in [0.05, 0.1) is 17.7 Å². The number of sulfonamides is 1. The highest BCUT2D eigenvalue weighted by Gasteiger charge is 2.27. The summed E-state index contributed by atoms with van der Waals surface area (Å²) in [6.07, 6.45) is 1.47. The van der Waals surface area contributed by atoms with Gasteiger partial charge in [-0.05, 0) is 53.4 Å². The zero-order chi connectivity index (χ0) is 21.6. The van der Waals surface area contributed by atoms with Gasteiger partial charge >= 0.3 is 0 Å². The summed E-state index contributed by atoms with van der Waals surface area (Å²) in [6, 6.07) is 14.7. The lowest BCUT2D eigenvalue weighted by atomic mass is 10.2. The van der Waals surface area contributed by atoms with Crippen molar-refractivity contribution in [2.45, 2.75) is 11.4 Å². The molecule has 0 spiro atoms. The molecule has 0 aliphatic heterocycles. The van der Waals surface area contributed by atoms with E-state index < -0.39 is 28.3 Å². The predicted octanol–water partition coefficient (Wildman–Crippen LogP) is 3.88. The molecule has 1 N–H and O–H groups in total. The fraction of sp³-hybridized carbons (Fsp3) is 0.100. The number of nitrogens with zero attached hydrogens (tertiary/aromatic N) is 2. The Balaban J connectivity index is 1.80. The third-order valence-corrected chi connectivity index (χ3v) is 6.83. The number of hydrazone groups is 1. The lowest BCUT2D eigenvalue weighted by Gasteiger charge is -2.21. The molecule has 0 unspecified atom stereocenters. The second-order valence-electron chi connectivity index (χ2n) is 6.16. The fourth-order valence-electron chi connectivity index (χ4n) is 2.50. The van der Waals surface area contributed by atoms with E-state index in [2.05, 4.69) is 10.5 Å². The molecule has 156 valence electrons. The molecule has 1 amide bonds. The Labute approximate surface area is 182 Å². The molecule has 30 heavy (non-hydrogen) atoms. The number of benzene rings is 2. The first-order valence-electron chi connectivity index (χ1n) is 8.70. The molecule has 2 aromatic carbocycles. The molecule has 3 aromatic rings. The number of carbonyl (C=O) groups is 1. The minimum Gasteiger partial charge on any atom is -0.272 e. The van der Waals surface area contributed by atoms with Gasteiger partial charge in [0.25, 0.3) is 5.91 Å². The Hall–Kier alpha value is -2.59. The van der Waals surface area contributed by atoms with Crippen molar-refractivity contribution in [3.05, 3.63) is 87.3 Å². The van der Waals surface area contributed by atoms with Gasteiger partial charge in [0.1, 0.15) is 5.82 Å². The lowest BCUT2D eigenvalue weighted by Crippen LogP contribution is -2.39. The summed E-state index contributed by atoms with van der Waals surface area (Å²) in [6.45, 7) is -0.586. The van der Waals surface area contributed by atoms with Crippen molar-refractivity contribution in [1.29, 1.82) is 0 Å². The van der Waals surface area contributed by atoms with E-state index in [4.69, 9.17) is 11.6 Å². The van der Waals surface area contributed by atoms with Crippen LogP contribution in [-0.2, 0) is 21.4 Å². The maximum atomic E-state index is 13.2. The number of carbonyl (C=O) groups excluding carboxylic acids is 1. The average Bonchev–Trinajstić information content (AvgIpc) is 3.23. The van der Waals surface area contributed by atoms with Gasteiger partial charge in [-0.25, -0.2) is 18.2 Å². The maximum absolute atomic E-state index is 13.2. The van der Waals surface area contributed by atoms with Crippen molar-refractivity contribution >= 4 is 45.1 Å². The quantitative estimate of drug-likeness (QED) is 0.405. The Morgan fingerprint density at radius 2 is 1.83 bits per heavy atom. The largest absolute Gasteiger partial charge is 0.272 e. The number of thiophene rings is 1. The summed E-state index contributed by atoms with van der Waals surface area (Å²) in [5, 5.41) is 6.11. The average molecular weight is 466 g/mol. The normalized spacial score (nSPS) is 11.8. The van der Waals surface area contributed by atoms with Gasteiger partial charge in [-0.2, -0.15) is 9.41 Å². The van der Waals surface area contributed by atoms with Gasteiger partial charge < -0.3 is 0 Å². The molecule has 3 rings (SSSR count). The highest BCUT2D eigenvalue weighted by molar-refractivity contribution is 7.89. The second-order valence-corrected chi connectivity index (χ2v) is 9.52. The topological polar surface area (TPSA) is 78.8 Å². The van der Waals surface area contributed by atoms with Gasteiger partial charge in [-0.1, -0.05) is 29.8 Å². The standard InChI is InChI=1S/C20H17ClFN3O3S2/c21-16-5-9-19(10-6-16)30(27,28)25(13-15-3-7-17(22)8-4-15)14-20(26)24-23-12-18-2-1-11-29-18/h1-12H,13-14H2,(H,24,26)/b23-12-. The van der Waals surface area contributed by atoms with Crippen LogP contribution in [0.5, 0.6) is 0 Å². The smallest absolute Gasteiger partial charge is 0.255 e. The highest BCUT2D eigenvalue weighted by atomic mass is 35.5. The first-order valence-corrected chi connectivity index (χ1v) is 11.4. The molecule has 6 nitrogen and oxygen atoms in total. The molecule has 0 saturated carbocycles. The van der Waals surface area contributed by atoms with E-state index >= 15 is 0 Å². The van der Waals surface area contributed by atoms with Crippen LogP contribution in [-0.4, -0.2) is 31.4 Å². The Morgan fingerprint density at radius 1 is 1.13 bits per heavy atom. The number of halogens is 2. The van der Waals surface area contributed by atoms with E-state index in [1.165, 1.54) is 66.1 Å². The summed E-state index contributed by atoms with van der Waals surface area (Å²) in [7, 11) is -4.02. The van der Waals surface area contributed by atoms with Crippen LogP contribution < -0.4 is 5.43 Å². The molecule has 0 saturated heterocycles. The first kappa shape index (κ1) is 22.1. The van der Waals surface area contributed by atoms with Crippen LogP contribution in [0.2, 0.25) is 5.02 Å². The van der Waals surface area contributed by atoms with Crippen LogP contribution in [0.3, 0.4) is 0 Å². The summed E-state index contributed by atoms with van der Waals surface area (Å²) in [5.74, 6) is -1.05. The van der Waals surface area contributed by atoms with Gasteiger partial charge in [-0.15, -0.1) is 11.3 Å². The van der Waals surface area contributed by atoms with Crippen molar-refractivity contribution in [1.82, 2.24) is 9.73 Å². The third-order valence-electron chi connectivity index (χ3n) is 3.97. The van der Waals surface area contributed by atoms with Crippen LogP contribution >= 0.6 is 22.9 Å². The molecule has 10 heteroatoms. The van der Waals surface area contributed by atoms with E-state index in [1.807, 2.05) is 17.5 Å². The van der Waals surface area contributed by atoms with Crippen LogP contribution in [0.25, 0.3) is 0 Å². The maximum Gasteiger partial charge on any atom is 0.255 e. The van der Waals surface area contributed by atoms with Crippen LogP contribution in [0, 0.1) is 5.82 Å². The number of hydrogen-bond donors (Lipinski definition) is 1. The van der Waals surface area contributed by atoms with Crippen molar-refractivity contribution in [3.63, 3.8) is 0 Å². The lowest BCUT2D eigenvalue weighted by molar-refractivity contribution is -0.121. The summed E-state index contributed by atoms with van der Waals surface area (Å²) in [5.41, 5.74) is 2.86. The first-order chi connectivity index (χ1) is 14.3.